The zero-order valence-electron chi connectivity index (χ0n) is 4.02. The lowest BCUT2D eigenvalue weighted by Gasteiger charge is -1.96. The van der Waals surface area contributed by atoms with Crippen molar-refractivity contribution in [3.63, 3.8) is 0 Å². The number of hydrogen-bond acceptors (Lipinski definition) is 2. The van der Waals surface area contributed by atoms with Crippen LogP contribution in [0.3, 0.4) is 0 Å². The van der Waals surface area contributed by atoms with Crippen molar-refractivity contribution in [2.75, 3.05) is 6.61 Å². The van der Waals surface area contributed by atoms with Crippen molar-refractivity contribution in [3.8, 4) is 6.07 Å². The lowest BCUT2D eigenvalue weighted by atomic mass is 10.8. The van der Waals surface area contributed by atoms with Crippen LogP contribution in [0.1, 0.15) is 6.92 Å². The molecule has 0 rings (SSSR count). The third kappa shape index (κ3) is 5.93. The Labute approximate surface area is 51.2 Å². The van der Waals surface area contributed by atoms with Crippen LogP contribution in [-0.4, -0.2) is 11.6 Å². The van der Waals surface area contributed by atoms with Gasteiger partial charge in [0.15, 0.2) is 0 Å². The molecule has 0 aromatic rings. The van der Waals surface area contributed by atoms with Crippen LogP contribution in [-0.2, 0) is 4.74 Å². The number of hydrogen-bond donors (Lipinski definition) is 0. The normalized spacial score (nSPS) is 12.7. The monoisotopic (exact) mass is 163 g/mol. The Morgan fingerprint density at radius 2 is 2.57 bits per heavy atom. The first kappa shape index (κ1) is 6.93. The SMILES string of the molecule is CC(Br)OCC#N. The van der Waals surface area contributed by atoms with Crippen LogP contribution in [0.25, 0.3) is 0 Å². The Morgan fingerprint density at radius 1 is 2.00 bits per heavy atom. The topological polar surface area (TPSA) is 33.0 Å². The highest BCUT2D eigenvalue weighted by atomic mass is 79.9. The van der Waals surface area contributed by atoms with Crippen LogP contribution in [0, 0.1) is 11.3 Å². The standard InChI is InChI=1S/C4H6BrNO/c1-4(5)7-3-2-6/h4H,3H2,1H3. The molecule has 0 aromatic carbocycles. The van der Waals surface area contributed by atoms with Crippen LogP contribution in [0.2, 0.25) is 0 Å². The van der Waals surface area contributed by atoms with Gasteiger partial charge >= 0.3 is 0 Å². The molecular weight excluding hydrogens is 158 g/mol. The summed E-state index contributed by atoms with van der Waals surface area (Å²) in [6.07, 6.45) is 0. The maximum Gasteiger partial charge on any atom is 0.135 e. The van der Waals surface area contributed by atoms with Gasteiger partial charge in [-0.25, -0.2) is 0 Å². The molecule has 1 atom stereocenters. The second-order valence-corrected chi connectivity index (χ2v) is 2.30. The van der Waals surface area contributed by atoms with Gasteiger partial charge in [-0.15, -0.1) is 0 Å². The number of ether oxygens (including phenoxy) is 1. The summed E-state index contributed by atoms with van der Waals surface area (Å²) in [6.45, 7) is 1.98. The molecule has 0 aromatic heterocycles. The zero-order valence-corrected chi connectivity index (χ0v) is 5.60. The van der Waals surface area contributed by atoms with E-state index in [1.165, 1.54) is 0 Å². The highest BCUT2D eigenvalue weighted by Gasteiger charge is 1.89. The van der Waals surface area contributed by atoms with Crippen molar-refractivity contribution in [1.29, 1.82) is 5.26 Å². The van der Waals surface area contributed by atoms with Gasteiger partial charge in [-0.3, -0.25) is 0 Å². The summed E-state index contributed by atoms with van der Waals surface area (Å²) >= 11 is 3.10. The molecule has 0 fully saturated rings. The van der Waals surface area contributed by atoms with Gasteiger partial charge < -0.3 is 4.74 Å². The highest BCUT2D eigenvalue weighted by Crippen LogP contribution is 1.96. The predicted molar refractivity (Wildman–Crippen MR) is 30.0 cm³/mol. The molecular formula is C4H6BrNO. The molecule has 7 heavy (non-hydrogen) atoms. The fourth-order valence-corrected chi connectivity index (χ4v) is 0.284. The molecule has 0 aliphatic carbocycles. The van der Waals surface area contributed by atoms with Crippen molar-refractivity contribution >= 4 is 15.9 Å². The van der Waals surface area contributed by atoms with Crippen LogP contribution in [0.5, 0.6) is 0 Å². The molecule has 0 bridgehead atoms. The van der Waals surface area contributed by atoms with Gasteiger partial charge in [-0.1, -0.05) is 15.9 Å². The molecule has 0 saturated heterocycles. The lowest BCUT2D eigenvalue weighted by molar-refractivity contribution is 0.160. The summed E-state index contributed by atoms with van der Waals surface area (Å²) in [5.41, 5.74) is 0. The highest BCUT2D eigenvalue weighted by molar-refractivity contribution is 9.09. The largest absolute Gasteiger partial charge is 0.352 e. The fraction of sp³-hybridized carbons (Fsp3) is 0.750. The predicted octanol–water partition coefficient (Wildman–Crippen LogP) is 1.27. The Bertz CT molecular complexity index is 76.2. The van der Waals surface area contributed by atoms with E-state index in [0.717, 1.165) is 0 Å². The fourth-order valence-electron chi connectivity index (χ4n) is 0.152. The van der Waals surface area contributed by atoms with Crippen LogP contribution in [0.15, 0.2) is 0 Å². The summed E-state index contributed by atoms with van der Waals surface area (Å²) in [5.74, 6) is 0. The molecule has 1 unspecified atom stereocenters. The third-order valence-electron chi connectivity index (χ3n) is 0.378. The van der Waals surface area contributed by atoms with Crippen molar-refractivity contribution in [3.05, 3.63) is 0 Å². The lowest BCUT2D eigenvalue weighted by Crippen LogP contribution is -1.97. The van der Waals surface area contributed by atoms with Crippen molar-refractivity contribution < 1.29 is 4.74 Å². The molecule has 0 amide bonds. The number of halogens is 1. The summed E-state index contributed by atoms with van der Waals surface area (Å²) in [7, 11) is 0. The zero-order chi connectivity index (χ0) is 5.70. The second kappa shape index (κ2) is 4.10. The molecule has 2 nitrogen and oxygen atoms in total. The van der Waals surface area contributed by atoms with E-state index in [2.05, 4.69) is 15.9 Å². The molecule has 0 radical (unpaired) electrons. The molecule has 0 aliphatic rings. The molecule has 0 aliphatic heterocycles. The van der Waals surface area contributed by atoms with Crippen LogP contribution in [0.4, 0.5) is 0 Å². The van der Waals surface area contributed by atoms with Crippen molar-refractivity contribution in [1.82, 2.24) is 0 Å². The minimum absolute atomic E-state index is 0.00727. The first-order valence-corrected chi connectivity index (χ1v) is 2.81. The summed E-state index contributed by atoms with van der Waals surface area (Å²) in [5, 5.41) is 7.91. The van der Waals surface area contributed by atoms with E-state index in [1.807, 2.05) is 13.0 Å². The quantitative estimate of drug-likeness (QED) is 0.575. The Morgan fingerprint density at radius 3 is 2.71 bits per heavy atom. The second-order valence-electron chi connectivity index (χ2n) is 1.01. The van der Waals surface area contributed by atoms with Crippen molar-refractivity contribution in [2.24, 2.45) is 0 Å². The molecule has 0 N–H and O–H groups in total. The van der Waals surface area contributed by atoms with Gasteiger partial charge in [0.2, 0.25) is 0 Å². The molecule has 40 valence electrons. The maximum atomic E-state index is 7.92. The number of nitriles is 1. The maximum absolute atomic E-state index is 7.92. The van der Waals surface area contributed by atoms with Crippen LogP contribution < -0.4 is 0 Å². The van der Waals surface area contributed by atoms with E-state index in [4.69, 9.17) is 10.00 Å². The van der Waals surface area contributed by atoms with Gasteiger partial charge in [0.05, 0.1) is 6.07 Å². The Hall–Kier alpha value is -0.0700. The number of nitrogens with zero attached hydrogens (tertiary/aromatic N) is 1. The minimum Gasteiger partial charge on any atom is -0.352 e. The molecule has 0 spiro atoms. The van der Waals surface area contributed by atoms with E-state index in [1.54, 1.807) is 0 Å². The van der Waals surface area contributed by atoms with E-state index in [9.17, 15) is 0 Å². The van der Waals surface area contributed by atoms with Gasteiger partial charge in [0.1, 0.15) is 11.6 Å². The number of alkyl halides is 1. The average molecular weight is 164 g/mol. The average Bonchev–Trinajstić information content (AvgIpc) is 1.61. The first-order valence-electron chi connectivity index (χ1n) is 1.90. The summed E-state index contributed by atoms with van der Waals surface area (Å²) < 4.78 is 4.75. The molecule has 0 saturated carbocycles. The van der Waals surface area contributed by atoms with E-state index >= 15 is 0 Å². The summed E-state index contributed by atoms with van der Waals surface area (Å²) in [6, 6.07) is 1.85. The van der Waals surface area contributed by atoms with E-state index < -0.39 is 0 Å². The minimum atomic E-state index is -0.00727. The van der Waals surface area contributed by atoms with Gasteiger partial charge in [-0.2, -0.15) is 5.26 Å². The van der Waals surface area contributed by atoms with Gasteiger partial charge in [0.25, 0.3) is 0 Å². The Kier molecular flexibility index (Phi) is 4.06. The van der Waals surface area contributed by atoms with Gasteiger partial charge in [-0.05, 0) is 6.92 Å². The van der Waals surface area contributed by atoms with E-state index in [-0.39, 0.29) is 11.6 Å². The number of rotatable bonds is 2. The first-order chi connectivity index (χ1) is 3.27. The van der Waals surface area contributed by atoms with Crippen molar-refractivity contribution in [2.45, 2.75) is 11.9 Å². The smallest absolute Gasteiger partial charge is 0.135 e. The molecule has 3 heteroatoms. The summed E-state index contributed by atoms with van der Waals surface area (Å²) in [4.78, 5) is 0. The van der Waals surface area contributed by atoms with Gasteiger partial charge in [0, 0.05) is 0 Å². The Balaban J connectivity index is 2.86. The van der Waals surface area contributed by atoms with Crippen LogP contribution >= 0.6 is 15.9 Å². The van der Waals surface area contributed by atoms with E-state index in [0.29, 0.717) is 0 Å². The third-order valence-corrected chi connectivity index (χ3v) is 0.642. The molecule has 0 heterocycles.